The highest BCUT2D eigenvalue weighted by molar-refractivity contribution is 5.89. The van der Waals surface area contributed by atoms with Crippen LogP contribution in [0.3, 0.4) is 0 Å². The summed E-state index contributed by atoms with van der Waals surface area (Å²) in [5.41, 5.74) is 2.58. The number of urea groups is 1. The number of carbonyl (C=O) groups excluding carboxylic acids is 1. The molecule has 0 fully saturated rings. The highest BCUT2D eigenvalue weighted by Crippen LogP contribution is 2.16. The Hall–Kier alpha value is -3.16. The van der Waals surface area contributed by atoms with E-state index >= 15 is 0 Å². The highest BCUT2D eigenvalue weighted by atomic mass is 16.2. The second kappa shape index (κ2) is 7.16. The third-order valence-corrected chi connectivity index (χ3v) is 3.82. The van der Waals surface area contributed by atoms with Crippen molar-refractivity contribution in [3.05, 3.63) is 54.6 Å². The average Bonchev–Trinajstić information content (AvgIpc) is 3.26. The molecule has 1 unspecified atom stereocenters. The van der Waals surface area contributed by atoms with Crippen LogP contribution in [-0.4, -0.2) is 30.8 Å². The molecule has 1 atom stereocenters. The van der Waals surface area contributed by atoms with Crippen LogP contribution < -0.4 is 10.6 Å². The number of nitrogens with one attached hydrogen (secondary N) is 2. The van der Waals surface area contributed by atoms with Crippen molar-refractivity contribution in [3.8, 4) is 5.69 Å². The van der Waals surface area contributed by atoms with E-state index in [1.807, 2.05) is 51.2 Å². The Morgan fingerprint density at radius 2 is 1.92 bits per heavy atom. The number of rotatable bonds is 5. The van der Waals surface area contributed by atoms with E-state index in [0.29, 0.717) is 5.69 Å². The molecule has 8 nitrogen and oxygen atoms in total. The lowest BCUT2D eigenvalue weighted by Crippen LogP contribution is -2.31. The molecule has 3 rings (SSSR count). The Labute approximate surface area is 145 Å². The van der Waals surface area contributed by atoms with Crippen molar-refractivity contribution >= 4 is 11.7 Å². The molecule has 3 aromatic rings. The second-order valence-electron chi connectivity index (χ2n) is 6.06. The quantitative estimate of drug-likeness (QED) is 0.748. The first kappa shape index (κ1) is 16.7. The van der Waals surface area contributed by atoms with Gasteiger partial charge in [0.05, 0.1) is 36.0 Å². The summed E-state index contributed by atoms with van der Waals surface area (Å²) in [6.07, 6.45) is 6.85. The summed E-state index contributed by atoms with van der Waals surface area (Å²) in [6, 6.07) is 7.64. The summed E-state index contributed by atoms with van der Waals surface area (Å²) >= 11 is 0. The largest absolute Gasteiger partial charge is 0.331 e. The fourth-order valence-corrected chi connectivity index (χ4v) is 2.39. The fraction of sp³-hybridized carbons (Fsp3) is 0.294. The fourth-order valence-electron chi connectivity index (χ4n) is 2.39. The van der Waals surface area contributed by atoms with E-state index in [-0.39, 0.29) is 18.1 Å². The summed E-state index contributed by atoms with van der Waals surface area (Å²) in [6.45, 7) is 5.99. The van der Waals surface area contributed by atoms with E-state index < -0.39 is 0 Å². The van der Waals surface area contributed by atoms with Gasteiger partial charge in [-0.3, -0.25) is 4.68 Å². The zero-order chi connectivity index (χ0) is 17.8. The van der Waals surface area contributed by atoms with Gasteiger partial charge in [-0.05, 0) is 38.5 Å². The zero-order valence-electron chi connectivity index (χ0n) is 14.4. The molecule has 25 heavy (non-hydrogen) atoms. The van der Waals surface area contributed by atoms with Gasteiger partial charge in [-0.15, -0.1) is 5.10 Å². The molecule has 0 saturated heterocycles. The predicted octanol–water partition coefficient (Wildman–Crippen LogP) is 2.93. The molecule has 0 spiro atoms. The van der Waals surface area contributed by atoms with Crippen LogP contribution >= 0.6 is 0 Å². The third-order valence-electron chi connectivity index (χ3n) is 3.82. The van der Waals surface area contributed by atoms with Crippen LogP contribution in [0.4, 0.5) is 10.5 Å². The van der Waals surface area contributed by atoms with Crippen molar-refractivity contribution in [2.75, 3.05) is 5.32 Å². The molecule has 2 amide bonds. The zero-order valence-corrected chi connectivity index (χ0v) is 14.4. The van der Waals surface area contributed by atoms with Crippen molar-refractivity contribution < 1.29 is 4.79 Å². The summed E-state index contributed by atoms with van der Waals surface area (Å²) in [7, 11) is 0. The lowest BCUT2D eigenvalue weighted by molar-refractivity contribution is 0.249. The van der Waals surface area contributed by atoms with Gasteiger partial charge >= 0.3 is 6.03 Å². The Morgan fingerprint density at radius 1 is 1.16 bits per heavy atom. The van der Waals surface area contributed by atoms with Crippen molar-refractivity contribution in [1.82, 2.24) is 30.1 Å². The lowest BCUT2D eigenvalue weighted by Gasteiger charge is -2.15. The van der Waals surface area contributed by atoms with Crippen LogP contribution in [0.1, 0.15) is 38.4 Å². The third kappa shape index (κ3) is 4.03. The molecule has 1 aromatic carbocycles. The molecule has 8 heteroatoms. The minimum Gasteiger partial charge on any atom is -0.331 e. The van der Waals surface area contributed by atoms with Crippen LogP contribution in [0.25, 0.3) is 5.69 Å². The minimum atomic E-state index is -0.267. The van der Waals surface area contributed by atoms with Gasteiger partial charge in [0.25, 0.3) is 0 Å². The Bertz CT molecular complexity index is 821. The highest BCUT2D eigenvalue weighted by Gasteiger charge is 2.11. The summed E-state index contributed by atoms with van der Waals surface area (Å²) in [5, 5.41) is 17.7. The molecule has 0 aliphatic heterocycles. The number of aromatic nitrogens is 5. The van der Waals surface area contributed by atoms with E-state index in [2.05, 4.69) is 26.0 Å². The molecule has 130 valence electrons. The first-order chi connectivity index (χ1) is 12.0. The predicted molar refractivity (Wildman–Crippen MR) is 94.5 cm³/mol. The van der Waals surface area contributed by atoms with Crippen molar-refractivity contribution in [1.29, 1.82) is 0 Å². The monoisotopic (exact) mass is 339 g/mol. The lowest BCUT2D eigenvalue weighted by atomic mass is 10.1. The number of amides is 2. The van der Waals surface area contributed by atoms with Gasteiger partial charge in [-0.25, -0.2) is 9.48 Å². The van der Waals surface area contributed by atoms with E-state index in [0.717, 1.165) is 11.3 Å². The maximum absolute atomic E-state index is 12.1. The van der Waals surface area contributed by atoms with Crippen LogP contribution in [0, 0.1) is 0 Å². The second-order valence-corrected chi connectivity index (χ2v) is 6.06. The molecule has 0 saturated carbocycles. The van der Waals surface area contributed by atoms with E-state index in [4.69, 9.17) is 0 Å². The maximum Gasteiger partial charge on any atom is 0.319 e. The molecular formula is C17H21N7O. The van der Waals surface area contributed by atoms with E-state index in [1.54, 1.807) is 28.0 Å². The molecular weight excluding hydrogens is 318 g/mol. The van der Waals surface area contributed by atoms with Gasteiger partial charge in [0.1, 0.15) is 0 Å². The maximum atomic E-state index is 12.1. The molecule has 2 N–H and O–H groups in total. The molecule has 0 radical (unpaired) electrons. The van der Waals surface area contributed by atoms with Crippen LogP contribution in [0.15, 0.2) is 49.1 Å². The van der Waals surface area contributed by atoms with Crippen molar-refractivity contribution in [2.24, 2.45) is 0 Å². The molecule has 0 aliphatic rings. The Morgan fingerprint density at radius 3 is 2.52 bits per heavy atom. The first-order valence-electron chi connectivity index (χ1n) is 8.11. The summed E-state index contributed by atoms with van der Waals surface area (Å²) in [5.74, 6) is 0. The number of hydrogen-bond acceptors (Lipinski definition) is 4. The molecule has 0 bridgehead atoms. The van der Waals surface area contributed by atoms with Gasteiger partial charge in [-0.2, -0.15) is 5.10 Å². The van der Waals surface area contributed by atoms with Gasteiger partial charge in [0, 0.05) is 12.2 Å². The number of hydrogen-bond donors (Lipinski definition) is 2. The van der Waals surface area contributed by atoms with Crippen molar-refractivity contribution in [3.63, 3.8) is 0 Å². The molecule has 0 aliphatic carbocycles. The molecule has 2 aromatic heterocycles. The minimum absolute atomic E-state index is 0.134. The number of nitrogens with zero attached hydrogens (tertiary/aromatic N) is 5. The SMILES string of the molecule is CC(NC(=O)Nc1cnn(C(C)C)c1)c1ccc(-n2ccnn2)cc1. The first-order valence-corrected chi connectivity index (χ1v) is 8.11. The summed E-state index contributed by atoms with van der Waals surface area (Å²) < 4.78 is 3.48. The van der Waals surface area contributed by atoms with Crippen LogP contribution in [-0.2, 0) is 0 Å². The number of carbonyl (C=O) groups is 1. The van der Waals surface area contributed by atoms with Crippen LogP contribution in [0.2, 0.25) is 0 Å². The Kier molecular flexibility index (Phi) is 4.78. The van der Waals surface area contributed by atoms with E-state index in [1.165, 1.54) is 0 Å². The van der Waals surface area contributed by atoms with E-state index in [9.17, 15) is 4.79 Å². The molecule has 2 heterocycles. The average molecular weight is 339 g/mol. The smallest absolute Gasteiger partial charge is 0.319 e. The van der Waals surface area contributed by atoms with Gasteiger partial charge in [0.15, 0.2) is 0 Å². The Balaban J connectivity index is 1.59. The number of anilines is 1. The number of benzene rings is 1. The summed E-state index contributed by atoms with van der Waals surface area (Å²) in [4.78, 5) is 12.1. The van der Waals surface area contributed by atoms with Crippen molar-refractivity contribution in [2.45, 2.75) is 32.9 Å². The van der Waals surface area contributed by atoms with Crippen LogP contribution in [0.5, 0.6) is 0 Å². The topological polar surface area (TPSA) is 89.7 Å². The van der Waals surface area contributed by atoms with Gasteiger partial charge in [0.2, 0.25) is 0 Å². The standard InChI is InChI=1S/C17H21N7O/c1-12(2)24-11-15(10-19-24)21-17(25)20-13(3)14-4-6-16(7-5-14)23-9-8-18-22-23/h4-13H,1-3H3,(H2,20,21,25). The van der Waals surface area contributed by atoms with Gasteiger partial charge < -0.3 is 10.6 Å². The normalized spacial score (nSPS) is 12.2. The van der Waals surface area contributed by atoms with Gasteiger partial charge in [-0.1, -0.05) is 17.3 Å².